The van der Waals surface area contributed by atoms with E-state index < -0.39 is 18.5 Å². The van der Waals surface area contributed by atoms with Crippen molar-refractivity contribution in [3.8, 4) is 0 Å². The summed E-state index contributed by atoms with van der Waals surface area (Å²) in [6.07, 6.45) is 3.81. The van der Waals surface area contributed by atoms with Gasteiger partial charge in [-0.25, -0.2) is 0 Å². The normalized spacial score (nSPS) is 24.9. The first-order valence-electron chi connectivity index (χ1n) is 8.81. The Morgan fingerprint density at radius 1 is 1.19 bits per heavy atom. The summed E-state index contributed by atoms with van der Waals surface area (Å²) in [4.78, 5) is 36.5. The van der Waals surface area contributed by atoms with E-state index in [1.165, 1.54) is 0 Å². The van der Waals surface area contributed by atoms with Gasteiger partial charge in [0.25, 0.3) is 5.91 Å². The van der Waals surface area contributed by atoms with Crippen LogP contribution in [0.5, 0.6) is 0 Å². The van der Waals surface area contributed by atoms with Crippen LogP contribution in [-0.2, 0) is 19.1 Å². The molecule has 2 bridgehead atoms. The average molecular weight is 398 g/mol. The molecule has 0 radical (unpaired) electrons. The lowest BCUT2D eigenvalue weighted by Crippen LogP contribution is -2.40. The highest BCUT2D eigenvalue weighted by molar-refractivity contribution is 6.40. The van der Waals surface area contributed by atoms with Gasteiger partial charge in [-0.15, -0.1) is 0 Å². The molecule has 0 unspecified atom stereocenters. The molecule has 0 saturated heterocycles. The van der Waals surface area contributed by atoms with E-state index in [4.69, 9.17) is 27.9 Å². The van der Waals surface area contributed by atoms with E-state index in [0.717, 1.165) is 24.8 Å². The SMILES string of the molecule is Cc1ccc(Cl)c(NC(=O)COC(=O)C2C[C@@H]3CCC[C@@H](C2)C3=O)c1Cl. The highest BCUT2D eigenvalue weighted by Crippen LogP contribution is 2.40. The maximum absolute atomic E-state index is 12.3. The van der Waals surface area contributed by atoms with Crippen molar-refractivity contribution < 1.29 is 19.1 Å². The number of nitrogens with one attached hydrogen (secondary N) is 1. The maximum Gasteiger partial charge on any atom is 0.309 e. The van der Waals surface area contributed by atoms with Gasteiger partial charge in [-0.1, -0.05) is 35.7 Å². The number of aryl methyl sites for hydroxylation is 1. The number of ketones is 1. The van der Waals surface area contributed by atoms with Gasteiger partial charge in [0.05, 0.1) is 21.7 Å². The van der Waals surface area contributed by atoms with Crippen LogP contribution in [0, 0.1) is 24.7 Å². The summed E-state index contributed by atoms with van der Waals surface area (Å²) in [5.41, 5.74) is 1.09. The fourth-order valence-corrected chi connectivity index (χ4v) is 4.34. The smallest absolute Gasteiger partial charge is 0.309 e. The van der Waals surface area contributed by atoms with Crippen molar-refractivity contribution in [1.82, 2.24) is 0 Å². The molecule has 0 aromatic heterocycles. The fourth-order valence-electron chi connectivity index (χ4n) is 3.87. The zero-order chi connectivity index (χ0) is 18.8. The second-order valence-electron chi connectivity index (χ2n) is 7.10. The summed E-state index contributed by atoms with van der Waals surface area (Å²) < 4.78 is 5.18. The minimum Gasteiger partial charge on any atom is -0.455 e. The number of hydrogen-bond donors (Lipinski definition) is 1. The molecule has 1 aromatic rings. The molecule has 1 aromatic carbocycles. The number of fused-ring (bicyclic) bond motifs is 2. The minimum absolute atomic E-state index is 0.0289. The van der Waals surface area contributed by atoms with Gasteiger partial charge >= 0.3 is 5.97 Å². The van der Waals surface area contributed by atoms with Gasteiger partial charge in [0.15, 0.2) is 6.61 Å². The van der Waals surface area contributed by atoms with Gasteiger partial charge in [-0.3, -0.25) is 14.4 Å². The number of esters is 1. The lowest BCUT2D eigenvalue weighted by molar-refractivity contribution is -0.155. The van der Waals surface area contributed by atoms with Crippen LogP contribution in [0.25, 0.3) is 0 Å². The molecule has 0 heterocycles. The van der Waals surface area contributed by atoms with Gasteiger partial charge in [-0.05, 0) is 44.2 Å². The van der Waals surface area contributed by atoms with Crippen molar-refractivity contribution >= 4 is 46.5 Å². The van der Waals surface area contributed by atoms with E-state index in [1.807, 2.05) is 0 Å². The van der Waals surface area contributed by atoms with Crippen molar-refractivity contribution in [3.05, 3.63) is 27.7 Å². The second kappa shape index (κ2) is 7.97. The molecule has 0 spiro atoms. The van der Waals surface area contributed by atoms with Gasteiger partial charge in [0.1, 0.15) is 5.78 Å². The van der Waals surface area contributed by atoms with Crippen LogP contribution in [-0.4, -0.2) is 24.3 Å². The molecule has 2 fully saturated rings. The molecule has 3 rings (SSSR count). The van der Waals surface area contributed by atoms with E-state index in [9.17, 15) is 14.4 Å². The lowest BCUT2D eigenvalue weighted by atomic mass is 9.67. The van der Waals surface area contributed by atoms with Crippen molar-refractivity contribution in [3.63, 3.8) is 0 Å². The molecule has 2 atom stereocenters. The van der Waals surface area contributed by atoms with Crippen molar-refractivity contribution in [2.45, 2.75) is 39.0 Å². The van der Waals surface area contributed by atoms with Gasteiger partial charge in [0.2, 0.25) is 0 Å². The Hall–Kier alpha value is -1.59. The van der Waals surface area contributed by atoms with Gasteiger partial charge in [0, 0.05) is 11.8 Å². The number of Topliss-reactive ketones (excluding diaryl/α,β-unsaturated/α-hetero) is 1. The van der Waals surface area contributed by atoms with Crippen molar-refractivity contribution in [2.75, 3.05) is 11.9 Å². The molecule has 5 nitrogen and oxygen atoms in total. The summed E-state index contributed by atoms with van der Waals surface area (Å²) in [6, 6.07) is 3.39. The van der Waals surface area contributed by atoms with Crippen molar-refractivity contribution in [2.24, 2.45) is 17.8 Å². The third-order valence-electron chi connectivity index (χ3n) is 5.28. The third kappa shape index (κ3) is 4.04. The highest BCUT2D eigenvalue weighted by Gasteiger charge is 2.41. The van der Waals surface area contributed by atoms with Crippen molar-refractivity contribution in [1.29, 1.82) is 0 Å². The predicted molar refractivity (Wildman–Crippen MR) is 99.3 cm³/mol. The number of carbonyl (C=O) groups excluding carboxylic acids is 3. The summed E-state index contributed by atoms with van der Waals surface area (Å²) in [5, 5.41) is 3.27. The molecule has 140 valence electrons. The summed E-state index contributed by atoms with van der Waals surface area (Å²) >= 11 is 12.2. The minimum atomic E-state index is -0.500. The van der Waals surface area contributed by atoms with E-state index >= 15 is 0 Å². The van der Waals surface area contributed by atoms with Crippen LogP contribution < -0.4 is 5.32 Å². The fraction of sp³-hybridized carbons (Fsp3) is 0.526. The summed E-state index contributed by atoms with van der Waals surface area (Å²) in [7, 11) is 0. The van der Waals surface area contributed by atoms with Crippen LogP contribution in [0.3, 0.4) is 0 Å². The number of hydrogen-bond acceptors (Lipinski definition) is 4. The van der Waals surface area contributed by atoms with E-state index in [0.29, 0.717) is 34.4 Å². The number of carbonyl (C=O) groups is 3. The van der Waals surface area contributed by atoms with Crippen LogP contribution in [0.2, 0.25) is 10.0 Å². The quantitative estimate of drug-likeness (QED) is 0.773. The summed E-state index contributed by atoms with van der Waals surface area (Å²) in [6.45, 7) is 1.40. The Balaban J connectivity index is 1.54. The topological polar surface area (TPSA) is 72.5 Å². The predicted octanol–water partition coefficient (Wildman–Crippen LogP) is 4.18. The Morgan fingerprint density at radius 2 is 1.85 bits per heavy atom. The Labute approximate surface area is 162 Å². The molecular weight excluding hydrogens is 377 g/mol. The van der Waals surface area contributed by atoms with E-state index in [1.54, 1.807) is 19.1 Å². The first kappa shape index (κ1) is 19.2. The van der Waals surface area contributed by atoms with E-state index in [-0.39, 0.29) is 17.8 Å². The number of amides is 1. The number of rotatable bonds is 4. The standard InChI is InChI=1S/C19H21Cl2NO4/c1-10-5-6-14(20)17(16(10)21)22-15(23)9-26-19(25)13-7-11-3-2-4-12(8-13)18(11)24/h5-6,11-13H,2-4,7-9H2,1H3,(H,22,23)/t11-,12-/m0/s1. The lowest BCUT2D eigenvalue weighted by Gasteiger charge is -2.36. The van der Waals surface area contributed by atoms with Gasteiger partial charge < -0.3 is 10.1 Å². The van der Waals surface area contributed by atoms with Crippen LogP contribution in [0.1, 0.15) is 37.7 Å². The monoisotopic (exact) mass is 397 g/mol. The summed E-state index contributed by atoms with van der Waals surface area (Å²) in [5.74, 6) is -0.980. The maximum atomic E-state index is 12.3. The van der Waals surface area contributed by atoms with Gasteiger partial charge in [-0.2, -0.15) is 0 Å². The average Bonchev–Trinajstić information content (AvgIpc) is 2.59. The van der Waals surface area contributed by atoms with Crippen LogP contribution in [0.4, 0.5) is 5.69 Å². The molecular formula is C19H21Cl2NO4. The molecule has 2 saturated carbocycles. The zero-order valence-electron chi connectivity index (χ0n) is 14.5. The molecule has 1 N–H and O–H groups in total. The number of anilines is 1. The van der Waals surface area contributed by atoms with Crippen LogP contribution in [0.15, 0.2) is 12.1 Å². The molecule has 0 aliphatic heterocycles. The van der Waals surface area contributed by atoms with Crippen LogP contribution >= 0.6 is 23.2 Å². The highest BCUT2D eigenvalue weighted by atomic mass is 35.5. The molecule has 26 heavy (non-hydrogen) atoms. The molecule has 2 aliphatic carbocycles. The number of ether oxygens (including phenoxy) is 1. The first-order valence-corrected chi connectivity index (χ1v) is 9.57. The number of halogens is 2. The van der Waals surface area contributed by atoms with E-state index in [2.05, 4.69) is 5.32 Å². The largest absolute Gasteiger partial charge is 0.455 e. The third-order valence-corrected chi connectivity index (χ3v) is 6.08. The number of benzene rings is 1. The Morgan fingerprint density at radius 3 is 2.50 bits per heavy atom. The molecule has 7 heteroatoms. The molecule has 1 amide bonds. The zero-order valence-corrected chi connectivity index (χ0v) is 16.0. The Bertz CT molecular complexity index is 733. The Kier molecular flexibility index (Phi) is 5.88. The molecule has 2 aliphatic rings. The second-order valence-corrected chi connectivity index (χ2v) is 7.89. The first-order chi connectivity index (χ1) is 12.4.